The SMILES string of the molecule is COc1cccc(CNC(=O)CN2C[C@@H](CN)[C@H](c3ccccc3)C2)c1.Cl. The van der Waals surface area contributed by atoms with Gasteiger partial charge in [-0.3, -0.25) is 9.69 Å². The smallest absolute Gasteiger partial charge is 0.234 e. The van der Waals surface area contributed by atoms with Gasteiger partial charge in [0.25, 0.3) is 0 Å². The lowest BCUT2D eigenvalue weighted by Crippen LogP contribution is -2.36. The number of nitrogens with zero attached hydrogens (tertiary/aromatic N) is 1. The molecule has 2 aromatic rings. The first kappa shape index (κ1) is 21.2. The molecule has 27 heavy (non-hydrogen) atoms. The lowest BCUT2D eigenvalue weighted by Gasteiger charge is -2.16. The van der Waals surface area contributed by atoms with Gasteiger partial charge in [0.1, 0.15) is 5.75 Å². The van der Waals surface area contributed by atoms with Gasteiger partial charge in [-0.2, -0.15) is 0 Å². The Hall–Kier alpha value is -2.08. The van der Waals surface area contributed by atoms with Crippen LogP contribution < -0.4 is 15.8 Å². The molecule has 5 nitrogen and oxygen atoms in total. The number of ether oxygens (including phenoxy) is 1. The van der Waals surface area contributed by atoms with Crippen molar-refractivity contribution >= 4 is 18.3 Å². The van der Waals surface area contributed by atoms with Crippen LogP contribution >= 0.6 is 12.4 Å². The number of hydrogen-bond donors (Lipinski definition) is 2. The van der Waals surface area contributed by atoms with Gasteiger partial charge in [0.2, 0.25) is 5.91 Å². The number of amides is 1. The Balaban J connectivity index is 0.00000261. The van der Waals surface area contributed by atoms with Crippen LogP contribution in [0, 0.1) is 5.92 Å². The Bertz CT molecular complexity index is 726. The van der Waals surface area contributed by atoms with Crippen molar-refractivity contribution in [2.45, 2.75) is 12.5 Å². The zero-order valence-electron chi connectivity index (χ0n) is 15.6. The standard InChI is InChI=1S/C21H27N3O2.ClH/c1-26-19-9-5-6-16(10-19)12-23-21(25)15-24-13-18(11-22)20(14-24)17-7-3-2-4-8-17;/h2-10,18,20H,11-15,22H2,1H3,(H,23,25);1H/t18-,20+;/m1./s1. The number of likely N-dealkylation sites (tertiary alicyclic amines) is 1. The van der Waals surface area contributed by atoms with Crippen molar-refractivity contribution in [3.05, 3.63) is 65.7 Å². The maximum Gasteiger partial charge on any atom is 0.234 e. The zero-order chi connectivity index (χ0) is 18.4. The second-order valence-electron chi connectivity index (χ2n) is 6.84. The minimum atomic E-state index is 0. The fourth-order valence-corrected chi connectivity index (χ4v) is 3.65. The zero-order valence-corrected chi connectivity index (χ0v) is 16.5. The molecule has 0 aromatic heterocycles. The molecule has 0 aliphatic carbocycles. The fraction of sp³-hybridized carbons (Fsp3) is 0.381. The van der Waals surface area contributed by atoms with Crippen molar-refractivity contribution in [3.8, 4) is 5.75 Å². The average molecular weight is 390 g/mol. The summed E-state index contributed by atoms with van der Waals surface area (Å²) in [5.41, 5.74) is 8.31. The number of methoxy groups -OCH3 is 1. The van der Waals surface area contributed by atoms with Gasteiger partial charge in [0.05, 0.1) is 13.7 Å². The van der Waals surface area contributed by atoms with Crippen LogP contribution in [0.3, 0.4) is 0 Å². The molecule has 1 saturated heterocycles. The van der Waals surface area contributed by atoms with E-state index in [1.807, 2.05) is 30.3 Å². The topological polar surface area (TPSA) is 67.6 Å². The molecule has 3 rings (SSSR count). The maximum atomic E-state index is 12.3. The lowest BCUT2D eigenvalue weighted by atomic mass is 9.89. The highest BCUT2D eigenvalue weighted by atomic mass is 35.5. The molecule has 2 atom stereocenters. The van der Waals surface area contributed by atoms with Crippen LogP contribution in [0.15, 0.2) is 54.6 Å². The number of benzene rings is 2. The lowest BCUT2D eigenvalue weighted by molar-refractivity contribution is -0.122. The predicted octanol–water partition coefficient (Wildman–Crippen LogP) is 2.41. The second kappa shape index (κ2) is 10.3. The van der Waals surface area contributed by atoms with Crippen molar-refractivity contribution < 1.29 is 9.53 Å². The van der Waals surface area contributed by atoms with Crippen LogP contribution in [0.2, 0.25) is 0 Å². The molecule has 0 spiro atoms. The molecule has 2 aromatic carbocycles. The van der Waals surface area contributed by atoms with Gasteiger partial charge in [-0.15, -0.1) is 12.4 Å². The van der Waals surface area contributed by atoms with E-state index in [9.17, 15) is 4.79 Å². The summed E-state index contributed by atoms with van der Waals surface area (Å²) >= 11 is 0. The van der Waals surface area contributed by atoms with E-state index in [2.05, 4.69) is 34.5 Å². The summed E-state index contributed by atoms with van der Waals surface area (Å²) < 4.78 is 5.21. The molecule has 0 bridgehead atoms. The van der Waals surface area contributed by atoms with Crippen LogP contribution in [0.1, 0.15) is 17.0 Å². The van der Waals surface area contributed by atoms with E-state index in [0.29, 0.717) is 31.5 Å². The third-order valence-electron chi connectivity index (χ3n) is 5.04. The molecule has 6 heteroatoms. The molecule has 1 aliphatic rings. The minimum Gasteiger partial charge on any atom is -0.497 e. The third kappa shape index (κ3) is 5.70. The first-order valence-corrected chi connectivity index (χ1v) is 9.06. The number of halogens is 1. The van der Waals surface area contributed by atoms with E-state index in [1.165, 1.54) is 5.56 Å². The van der Waals surface area contributed by atoms with E-state index >= 15 is 0 Å². The number of carbonyl (C=O) groups excluding carboxylic acids is 1. The molecule has 0 unspecified atom stereocenters. The van der Waals surface area contributed by atoms with Gasteiger partial charge in [-0.25, -0.2) is 0 Å². The molecular formula is C21H28ClN3O2. The highest BCUT2D eigenvalue weighted by Crippen LogP contribution is 2.31. The van der Waals surface area contributed by atoms with Gasteiger partial charge in [0, 0.05) is 25.6 Å². The molecule has 1 fully saturated rings. The molecule has 0 radical (unpaired) electrons. The van der Waals surface area contributed by atoms with Crippen molar-refractivity contribution in [1.29, 1.82) is 0 Å². The number of hydrogen-bond acceptors (Lipinski definition) is 4. The van der Waals surface area contributed by atoms with Crippen molar-refractivity contribution in [3.63, 3.8) is 0 Å². The molecule has 1 amide bonds. The van der Waals surface area contributed by atoms with Crippen molar-refractivity contribution in [2.75, 3.05) is 33.3 Å². The van der Waals surface area contributed by atoms with Crippen molar-refractivity contribution in [2.24, 2.45) is 11.7 Å². The van der Waals surface area contributed by atoms with E-state index in [1.54, 1.807) is 7.11 Å². The molecule has 1 heterocycles. The van der Waals surface area contributed by atoms with Crippen LogP contribution in [0.5, 0.6) is 5.75 Å². The highest BCUT2D eigenvalue weighted by molar-refractivity contribution is 5.85. The summed E-state index contributed by atoms with van der Waals surface area (Å²) in [4.78, 5) is 14.6. The predicted molar refractivity (Wildman–Crippen MR) is 110 cm³/mol. The van der Waals surface area contributed by atoms with Crippen LogP contribution in [-0.4, -0.2) is 44.1 Å². The van der Waals surface area contributed by atoms with Gasteiger partial charge in [-0.1, -0.05) is 42.5 Å². The molecular weight excluding hydrogens is 362 g/mol. The Labute approximate surface area is 167 Å². The number of nitrogens with one attached hydrogen (secondary N) is 1. The number of carbonyl (C=O) groups is 1. The summed E-state index contributed by atoms with van der Waals surface area (Å²) in [6.07, 6.45) is 0. The van der Waals surface area contributed by atoms with Crippen LogP contribution in [-0.2, 0) is 11.3 Å². The summed E-state index contributed by atoms with van der Waals surface area (Å²) in [5, 5.41) is 3.00. The largest absolute Gasteiger partial charge is 0.497 e. The van der Waals surface area contributed by atoms with Crippen LogP contribution in [0.4, 0.5) is 0 Å². The molecule has 3 N–H and O–H groups in total. The Morgan fingerprint density at radius 2 is 1.96 bits per heavy atom. The number of rotatable bonds is 7. The normalized spacial score (nSPS) is 19.3. The van der Waals surface area contributed by atoms with Gasteiger partial charge in [-0.05, 0) is 35.7 Å². The Morgan fingerprint density at radius 1 is 1.19 bits per heavy atom. The van der Waals surface area contributed by atoms with Gasteiger partial charge < -0.3 is 15.8 Å². The molecule has 0 saturated carbocycles. The summed E-state index contributed by atoms with van der Waals surface area (Å²) in [6, 6.07) is 18.2. The van der Waals surface area contributed by atoms with Gasteiger partial charge >= 0.3 is 0 Å². The Kier molecular flexibility index (Phi) is 8.10. The third-order valence-corrected chi connectivity index (χ3v) is 5.04. The second-order valence-corrected chi connectivity index (χ2v) is 6.84. The molecule has 1 aliphatic heterocycles. The van der Waals surface area contributed by atoms with E-state index in [0.717, 1.165) is 24.4 Å². The van der Waals surface area contributed by atoms with Crippen molar-refractivity contribution in [1.82, 2.24) is 10.2 Å². The quantitative estimate of drug-likeness (QED) is 0.763. The summed E-state index contributed by atoms with van der Waals surface area (Å²) in [5.74, 6) is 1.63. The van der Waals surface area contributed by atoms with E-state index < -0.39 is 0 Å². The summed E-state index contributed by atoms with van der Waals surface area (Å²) in [6.45, 7) is 3.29. The number of nitrogens with two attached hydrogens (primary N) is 1. The first-order valence-electron chi connectivity index (χ1n) is 9.06. The Morgan fingerprint density at radius 3 is 2.67 bits per heavy atom. The maximum absolute atomic E-state index is 12.3. The first-order chi connectivity index (χ1) is 12.7. The summed E-state index contributed by atoms with van der Waals surface area (Å²) in [7, 11) is 1.64. The van der Waals surface area contributed by atoms with Crippen LogP contribution in [0.25, 0.3) is 0 Å². The average Bonchev–Trinajstić information content (AvgIpc) is 3.10. The minimum absolute atomic E-state index is 0. The van der Waals surface area contributed by atoms with E-state index in [4.69, 9.17) is 10.5 Å². The van der Waals surface area contributed by atoms with E-state index in [-0.39, 0.29) is 18.3 Å². The monoisotopic (exact) mass is 389 g/mol. The van der Waals surface area contributed by atoms with Gasteiger partial charge in [0.15, 0.2) is 0 Å². The molecule has 146 valence electrons. The highest BCUT2D eigenvalue weighted by Gasteiger charge is 2.33. The fourth-order valence-electron chi connectivity index (χ4n) is 3.65.